The molecule has 0 aromatic carbocycles. The van der Waals surface area contributed by atoms with Crippen molar-refractivity contribution in [1.82, 2.24) is 4.90 Å². The molecule has 2 heteroatoms. The van der Waals surface area contributed by atoms with E-state index in [1.807, 2.05) is 0 Å². The molecule has 1 heterocycles. The van der Waals surface area contributed by atoms with E-state index in [9.17, 15) is 0 Å². The van der Waals surface area contributed by atoms with E-state index < -0.39 is 0 Å². The lowest BCUT2D eigenvalue weighted by Gasteiger charge is -2.06. The molecule has 0 amide bonds. The zero-order chi connectivity index (χ0) is 5.98. The van der Waals surface area contributed by atoms with Crippen molar-refractivity contribution in [2.24, 2.45) is 0 Å². The third-order valence-electron chi connectivity index (χ3n) is 1.47. The minimum Gasteiger partial charge on any atom is -0.380 e. The number of hydrogen-bond acceptors (Lipinski definition) is 2. The van der Waals surface area contributed by atoms with Crippen molar-refractivity contribution in [3.05, 3.63) is 6.42 Å². The Morgan fingerprint density at radius 1 is 1.75 bits per heavy atom. The molecule has 0 aromatic heterocycles. The molecule has 1 atom stereocenters. The molecule has 0 aromatic rings. The second-order valence-electron chi connectivity index (χ2n) is 2.23. The van der Waals surface area contributed by atoms with E-state index in [0.717, 1.165) is 13.1 Å². The third kappa shape index (κ3) is 1.20. The van der Waals surface area contributed by atoms with Gasteiger partial charge in [0.25, 0.3) is 0 Å². The van der Waals surface area contributed by atoms with Gasteiger partial charge >= 0.3 is 0 Å². The summed E-state index contributed by atoms with van der Waals surface area (Å²) < 4.78 is 5.08. The third-order valence-corrected chi connectivity index (χ3v) is 1.47. The average Bonchev–Trinajstić information content (AvgIpc) is 2.14. The van der Waals surface area contributed by atoms with Crippen LogP contribution in [0.4, 0.5) is 0 Å². The highest BCUT2D eigenvalue weighted by atomic mass is 16.5. The van der Waals surface area contributed by atoms with Crippen LogP contribution in [0.15, 0.2) is 0 Å². The van der Waals surface area contributed by atoms with Gasteiger partial charge < -0.3 is 9.64 Å². The van der Waals surface area contributed by atoms with Crippen LogP contribution in [0.25, 0.3) is 0 Å². The number of nitrogens with zero attached hydrogens (tertiary/aromatic N) is 1. The molecular weight excluding hydrogens is 102 g/mol. The highest BCUT2D eigenvalue weighted by molar-refractivity contribution is 4.89. The lowest BCUT2D eigenvalue weighted by Crippen LogP contribution is -2.17. The van der Waals surface area contributed by atoms with E-state index in [0.29, 0.717) is 6.10 Å². The summed E-state index contributed by atoms with van der Waals surface area (Å²) in [5.74, 6) is 0. The summed E-state index contributed by atoms with van der Waals surface area (Å²) in [7, 11) is 3.84. The van der Waals surface area contributed by atoms with E-state index in [1.54, 1.807) is 7.11 Å². The first-order valence-corrected chi connectivity index (χ1v) is 2.87. The van der Waals surface area contributed by atoms with E-state index in [-0.39, 0.29) is 0 Å². The number of likely N-dealkylation sites (tertiary alicyclic amines) is 1. The Morgan fingerprint density at radius 2 is 2.50 bits per heavy atom. The fraction of sp³-hybridized carbons (Fsp3) is 0.833. The van der Waals surface area contributed by atoms with Crippen LogP contribution in [0.3, 0.4) is 0 Å². The van der Waals surface area contributed by atoms with E-state index >= 15 is 0 Å². The van der Waals surface area contributed by atoms with Crippen molar-refractivity contribution < 1.29 is 4.74 Å². The number of hydrogen-bond donors (Lipinski definition) is 0. The minimum atomic E-state index is 0.375. The maximum Gasteiger partial charge on any atom is 0.0742 e. The molecule has 1 fully saturated rings. The molecule has 0 saturated carbocycles. The zero-order valence-corrected chi connectivity index (χ0v) is 5.42. The van der Waals surface area contributed by atoms with Gasteiger partial charge in [0.05, 0.1) is 6.10 Å². The summed E-state index contributed by atoms with van der Waals surface area (Å²) in [6.45, 7) is 2.12. The van der Waals surface area contributed by atoms with Gasteiger partial charge in [-0.25, -0.2) is 0 Å². The van der Waals surface area contributed by atoms with Crippen LogP contribution in [-0.2, 0) is 4.74 Å². The van der Waals surface area contributed by atoms with Crippen molar-refractivity contribution in [1.29, 1.82) is 0 Å². The first kappa shape index (κ1) is 6.05. The topological polar surface area (TPSA) is 12.5 Å². The van der Waals surface area contributed by atoms with Crippen LogP contribution >= 0.6 is 0 Å². The molecule has 1 rings (SSSR count). The summed E-state index contributed by atoms with van der Waals surface area (Å²) in [6.07, 6.45) is 2.56. The quantitative estimate of drug-likeness (QED) is 0.481. The summed E-state index contributed by atoms with van der Waals surface area (Å²) in [6, 6.07) is 0. The molecule has 0 bridgehead atoms. The lowest BCUT2D eigenvalue weighted by molar-refractivity contribution is 0.130. The van der Waals surface area contributed by atoms with Gasteiger partial charge in [-0.2, -0.15) is 0 Å². The van der Waals surface area contributed by atoms with Gasteiger partial charge in [-0.05, 0) is 7.05 Å². The minimum absolute atomic E-state index is 0.375. The van der Waals surface area contributed by atoms with Crippen LogP contribution in [-0.4, -0.2) is 38.3 Å². The normalized spacial score (nSPS) is 31.5. The van der Waals surface area contributed by atoms with Gasteiger partial charge in [-0.3, -0.25) is 0 Å². The van der Waals surface area contributed by atoms with Crippen molar-refractivity contribution in [2.45, 2.75) is 6.10 Å². The number of likely N-dealkylation sites (N-methyl/N-ethyl adjacent to an activating group) is 1. The van der Waals surface area contributed by atoms with Crippen molar-refractivity contribution in [3.63, 3.8) is 0 Å². The van der Waals surface area contributed by atoms with Crippen LogP contribution in [0, 0.1) is 6.42 Å². The van der Waals surface area contributed by atoms with E-state index in [2.05, 4.69) is 18.4 Å². The van der Waals surface area contributed by atoms with Gasteiger partial charge in [0.15, 0.2) is 0 Å². The second kappa shape index (κ2) is 2.46. The Morgan fingerprint density at radius 3 is 2.75 bits per heavy atom. The van der Waals surface area contributed by atoms with E-state index in [4.69, 9.17) is 4.74 Å². The highest BCUT2D eigenvalue weighted by Crippen LogP contribution is 2.06. The number of ether oxygens (including phenoxy) is 1. The molecule has 0 spiro atoms. The Bertz CT molecular complexity index is 74.9. The van der Waals surface area contributed by atoms with Crippen LogP contribution in [0.2, 0.25) is 0 Å². The van der Waals surface area contributed by atoms with Crippen molar-refractivity contribution >= 4 is 0 Å². The van der Waals surface area contributed by atoms with Crippen molar-refractivity contribution in [3.8, 4) is 0 Å². The SMILES string of the molecule is COC1[CH]CN(C)C1. The molecule has 47 valence electrons. The summed E-state index contributed by atoms with van der Waals surface area (Å²) in [5, 5.41) is 0. The standard InChI is InChI=1S/C6H12NO/c1-7-4-3-6(5-7)8-2/h3,6H,4-5H2,1-2H3. The van der Waals surface area contributed by atoms with Gasteiger partial charge in [0.1, 0.15) is 0 Å². The van der Waals surface area contributed by atoms with Crippen molar-refractivity contribution in [2.75, 3.05) is 27.2 Å². The fourth-order valence-electron chi connectivity index (χ4n) is 0.925. The van der Waals surface area contributed by atoms with Crippen LogP contribution < -0.4 is 0 Å². The molecule has 0 N–H and O–H groups in total. The predicted molar refractivity (Wildman–Crippen MR) is 32.6 cm³/mol. The maximum absolute atomic E-state index is 5.08. The van der Waals surface area contributed by atoms with Crippen LogP contribution in [0.5, 0.6) is 0 Å². The molecule has 1 saturated heterocycles. The number of methoxy groups -OCH3 is 1. The second-order valence-corrected chi connectivity index (χ2v) is 2.23. The Kier molecular flexibility index (Phi) is 1.86. The zero-order valence-electron chi connectivity index (χ0n) is 5.42. The maximum atomic E-state index is 5.08. The largest absolute Gasteiger partial charge is 0.380 e. The molecular formula is C6H12NO. The Labute approximate surface area is 50.4 Å². The average molecular weight is 114 g/mol. The lowest BCUT2D eigenvalue weighted by atomic mass is 10.3. The van der Waals surface area contributed by atoms with E-state index in [1.165, 1.54) is 0 Å². The van der Waals surface area contributed by atoms with Gasteiger partial charge in [-0.15, -0.1) is 0 Å². The molecule has 1 radical (unpaired) electrons. The fourth-order valence-corrected chi connectivity index (χ4v) is 0.925. The van der Waals surface area contributed by atoms with Crippen LogP contribution in [0.1, 0.15) is 0 Å². The molecule has 0 aliphatic carbocycles. The first-order valence-electron chi connectivity index (χ1n) is 2.87. The molecule has 1 aliphatic rings. The smallest absolute Gasteiger partial charge is 0.0742 e. The predicted octanol–water partition coefficient (Wildman–Crippen LogP) is 0.151. The summed E-state index contributed by atoms with van der Waals surface area (Å²) in [4.78, 5) is 2.23. The molecule has 2 nitrogen and oxygen atoms in total. The highest BCUT2D eigenvalue weighted by Gasteiger charge is 2.17. The summed E-state index contributed by atoms with van der Waals surface area (Å²) >= 11 is 0. The molecule has 8 heavy (non-hydrogen) atoms. The van der Waals surface area contributed by atoms with Gasteiger partial charge in [0.2, 0.25) is 0 Å². The summed E-state index contributed by atoms with van der Waals surface area (Å²) in [5.41, 5.74) is 0. The van der Waals surface area contributed by atoms with Gasteiger partial charge in [0, 0.05) is 26.6 Å². The molecule has 1 aliphatic heterocycles. The Balaban J connectivity index is 2.22. The van der Waals surface area contributed by atoms with Gasteiger partial charge in [-0.1, -0.05) is 0 Å². The first-order chi connectivity index (χ1) is 3.83. The Hall–Kier alpha value is -0.0800. The number of rotatable bonds is 1. The molecule has 1 unspecified atom stereocenters. The monoisotopic (exact) mass is 114 g/mol.